The topological polar surface area (TPSA) is 0 Å². The predicted octanol–water partition coefficient (Wildman–Crippen LogP) is 9.56. The zero-order chi connectivity index (χ0) is 48.0. The van der Waals surface area contributed by atoms with Crippen molar-refractivity contribution in [1.29, 1.82) is 0 Å². The Morgan fingerprint density at radius 2 is 0.547 bits per heavy atom. The van der Waals surface area contributed by atoms with Gasteiger partial charge in [-0.15, -0.1) is 0 Å². The fourth-order valence-electron chi connectivity index (χ4n) is 7.97. The van der Waals surface area contributed by atoms with Gasteiger partial charge in [-0.1, -0.05) is 184 Å². The summed E-state index contributed by atoms with van der Waals surface area (Å²) in [5.74, 6) is 2.07. The molecule has 4 aliphatic rings. The van der Waals surface area contributed by atoms with Crippen LogP contribution in [-0.2, 0) is 46.0 Å². The summed E-state index contributed by atoms with van der Waals surface area (Å²) in [5, 5.41) is 3.16. The van der Waals surface area contributed by atoms with Gasteiger partial charge in [0.1, 0.15) is 0 Å². The van der Waals surface area contributed by atoms with Gasteiger partial charge in [0.15, 0.2) is 0 Å². The maximum absolute atomic E-state index is 3.40. The van der Waals surface area contributed by atoms with Crippen LogP contribution < -0.4 is 35.2 Å². The van der Waals surface area contributed by atoms with E-state index in [4.69, 9.17) is 0 Å². The normalized spacial score (nSPS) is 19.8. The third kappa shape index (κ3) is 24.4. The molecule has 2 aromatic carbocycles. The van der Waals surface area contributed by atoms with Crippen molar-refractivity contribution >= 4 is 21.4 Å². The molecule has 0 radical (unpaired) electrons. The summed E-state index contributed by atoms with van der Waals surface area (Å²) in [5.41, 5.74) is 12.2. The second kappa shape index (κ2) is 29.2. The maximum atomic E-state index is 3.40. The molecule has 0 saturated heterocycles. The second-order valence-electron chi connectivity index (χ2n) is 21.5. The molecule has 0 nitrogen and oxygen atoms in total. The monoisotopic (exact) mass is 1270 g/mol. The smallest absolute Gasteiger partial charge is 1.00 e. The fourth-order valence-corrected chi connectivity index (χ4v) is 12.9. The second-order valence-corrected chi connectivity index (χ2v) is 41.4. The van der Waals surface area contributed by atoms with Crippen LogP contribution in [-0.4, -0.2) is 11.0 Å². The molecule has 0 spiro atoms. The van der Waals surface area contributed by atoms with Crippen molar-refractivity contribution in [2.75, 3.05) is 0 Å². The van der Waals surface area contributed by atoms with Crippen molar-refractivity contribution < 1.29 is 70.8 Å². The van der Waals surface area contributed by atoms with E-state index < -0.39 is 0 Å². The van der Waals surface area contributed by atoms with Crippen molar-refractivity contribution in [3.8, 4) is 0 Å². The van der Waals surface area contributed by atoms with E-state index >= 15 is 0 Å². The van der Waals surface area contributed by atoms with Crippen LogP contribution in [0.4, 0.5) is 0 Å². The minimum absolute atomic E-state index is 0. The average Bonchev–Trinajstić information content (AvgIpc) is 3.89. The van der Waals surface area contributed by atoms with Gasteiger partial charge in [-0.2, -0.15) is 46.6 Å². The summed E-state index contributed by atoms with van der Waals surface area (Å²) in [4.78, 5) is 0. The van der Waals surface area contributed by atoms with Gasteiger partial charge in [0, 0.05) is 0 Å². The van der Waals surface area contributed by atoms with Gasteiger partial charge in [0.25, 0.3) is 0 Å². The molecule has 64 heavy (non-hydrogen) atoms. The zero-order valence-corrected chi connectivity index (χ0v) is 54.8. The van der Waals surface area contributed by atoms with Crippen LogP contribution in [0, 0.1) is 69.6 Å². The van der Waals surface area contributed by atoms with Crippen molar-refractivity contribution in [3.63, 3.8) is 0 Å². The summed E-state index contributed by atoms with van der Waals surface area (Å²) in [7, 11) is 0. The Morgan fingerprint density at radius 1 is 0.375 bits per heavy atom. The summed E-state index contributed by atoms with van der Waals surface area (Å²) < 4.78 is 0. The van der Waals surface area contributed by atoms with E-state index in [1.807, 2.05) is 0 Å². The first kappa shape index (κ1) is 65.2. The van der Waals surface area contributed by atoms with Crippen LogP contribution in [0.5, 0.6) is 0 Å². The third-order valence-corrected chi connectivity index (χ3v) is 19.3. The summed E-state index contributed by atoms with van der Waals surface area (Å²) in [6.07, 6.45) is 22.8. The van der Waals surface area contributed by atoms with Crippen LogP contribution in [0.15, 0.2) is 130 Å². The molecular formula is C58H84Cl2Hf2Si2-2. The summed E-state index contributed by atoms with van der Waals surface area (Å²) in [6, 6.07) is 21.6. The molecule has 0 bridgehead atoms. The van der Waals surface area contributed by atoms with Crippen LogP contribution in [0.25, 0.3) is 0 Å². The average molecular weight is 1270 g/mol. The minimum atomic E-state index is -0.0733. The molecule has 6 heteroatoms. The number of halogens is 2. The molecule has 4 atom stereocenters. The quantitative estimate of drug-likeness (QED) is 0.208. The van der Waals surface area contributed by atoms with Crippen LogP contribution in [0.1, 0.15) is 138 Å². The van der Waals surface area contributed by atoms with Crippen molar-refractivity contribution in [1.82, 2.24) is 0 Å². The molecule has 6 rings (SSSR count). The molecule has 0 N–H and O–H groups in total. The van der Waals surface area contributed by atoms with E-state index in [9.17, 15) is 0 Å². The van der Waals surface area contributed by atoms with Crippen molar-refractivity contribution in [2.45, 2.75) is 152 Å². The number of hydrogen-bond acceptors (Lipinski definition) is 0. The Kier molecular flexibility index (Phi) is 29.8. The van der Waals surface area contributed by atoms with Gasteiger partial charge in [-0.3, -0.25) is 24.3 Å². The van der Waals surface area contributed by atoms with Crippen molar-refractivity contribution in [2.24, 2.45) is 45.3 Å². The van der Waals surface area contributed by atoms with Gasteiger partial charge < -0.3 is 24.8 Å². The van der Waals surface area contributed by atoms with E-state index in [2.05, 4.69) is 261 Å². The first-order chi connectivity index (χ1) is 28.2. The van der Waals surface area contributed by atoms with E-state index in [0.717, 1.165) is 0 Å². The van der Waals surface area contributed by atoms with Crippen LogP contribution >= 0.6 is 0 Å². The summed E-state index contributed by atoms with van der Waals surface area (Å²) >= 11 is 2.72. The van der Waals surface area contributed by atoms with Gasteiger partial charge in [0.2, 0.25) is 0 Å². The Morgan fingerprint density at radius 3 is 0.625 bits per heavy atom. The van der Waals surface area contributed by atoms with E-state index in [1.165, 1.54) is 90.6 Å². The Balaban J connectivity index is 0. The first-order valence-corrected chi connectivity index (χ1v) is 37.6. The Hall–Kier alpha value is -0.886. The molecule has 0 aromatic heterocycles. The van der Waals surface area contributed by atoms with Gasteiger partial charge in [-0.25, -0.2) is 22.3 Å². The Bertz CT molecular complexity index is 1800. The zero-order valence-electron chi connectivity index (χ0n) is 44.1. The number of rotatable bonds is 2. The minimum Gasteiger partial charge on any atom is -1.00 e. The van der Waals surface area contributed by atoms with Gasteiger partial charge in [0.05, 0.1) is 0 Å². The van der Waals surface area contributed by atoms with Gasteiger partial charge in [-0.05, 0) is 0 Å². The molecule has 0 amide bonds. The molecule has 4 aliphatic carbocycles. The molecule has 0 fully saturated rings. The standard InChI is InChI=1S/4C11H17.2C7H8Si.2ClH.2Hf/c4*1-8-6-9(2)10(7-8)11(3,4)5;2*1-8-7-5-3-2-4-6-7;;;;/h4*7-8H,1-5H3;2*2-6H,1H3;2*1H;;/q4*-1;;;;;2*+2/p-2. The molecule has 0 saturated carbocycles. The molecule has 348 valence electrons. The predicted molar refractivity (Wildman–Crippen MR) is 272 cm³/mol. The summed E-state index contributed by atoms with van der Waals surface area (Å²) in [6.45, 7) is 49.1. The van der Waals surface area contributed by atoms with Crippen LogP contribution in [0.3, 0.4) is 0 Å². The van der Waals surface area contributed by atoms with E-state index in [-0.39, 0.29) is 35.8 Å². The number of allylic oxidation sites excluding steroid dienone is 16. The molecule has 4 unspecified atom stereocenters. The Labute approximate surface area is 438 Å². The molecule has 0 heterocycles. The SMILES string of the molecule is CC1=[C-]C(C)C=C1C(C)(C)C.CC1=[C-]C(C)C=C1C(C)(C)C.CC1=[C-]C(C)C=C1C(C)(C)C.CC1=[C-]C(C)C=C1C(C)(C)C.C[Si](=[Hf+2])c1ccccc1.C[Si](=[Hf+2])c1ccccc1.[Cl-].[Cl-]. The molecular weight excluding hydrogens is 1180 g/mol. The van der Waals surface area contributed by atoms with Crippen molar-refractivity contribution in [3.05, 3.63) is 154 Å². The van der Waals surface area contributed by atoms with Crippen LogP contribution in [0.2, 0.25) is 13.1 Å². The van der Waals surface area contributed by atoms with Gasteiger partial charge >= 0.3 is 141 Å². The largest absolute Gasteiger partial charge is 1.00 e. The molecule has 0 aliphatic heterocycles. The number of hydrogen-bond donors (Lipinski definition) is 0. The number of benzene rings is 2. The fraction of sp³-hybridized carbons (Fsp3) is 0.517. The third-order valence-electron chi connectivity index (χ3n) is 10.7. The maximum Gasteiger partial charge on any atom is -1.00 e. The first-order valence-electron chi connectivity index (χ1n) is 22.8. The molecule has 2 aromatic rings. The van der Waals surface area contributed by atoms with E-state index in [0.29, 0.717) is 45.3 Å². The van der Waals surface area contributed by atoms with E-state index in [1.54, 1.807) is 10.4 Å².